The third kappa shape index (κ3) is 4.70. The van der Waals surface area contributed by atoms with Crippen LogP contribution in [0.5, 0.6) is 0 Å². The average molecular weight is 379 g/mol. The monoisotopic (exact) mass is 379 g/mol. The molecule has 1 aromatic rings. The van der Waals surface area contributed by atoms with Crippen molar-refractivity contribution < 1.29 is 18.0 Å². The first-order valence-electron chi connectivity index (χ1n) is 8.54. The van der Waals surface area contributed by atoms with Crippen LogP contribution in [0.4, 0.5) is 0 Å². The highest BCUT2D eigenvalue weighted by atomic mass is 32.2. The second kappa shape index (κ2) is 8.46. The highest BCUT2D eigenvalue weighted by molar-refractivity contribution is 7.89. The van der Waals surface area contributed by atoms with E-state index >= 15 is 0 Å². The molecule has 1 aliphatic heterocycles. The Kier molecular flexibility index (Phi) is 6.55. The van der Waals surface area contributed by atoms with E-state index in [4.69, 9.17) is 0 Å². The Hall–Kier alpha value is -2.19. The van der Waals surface area contributed by atoms with E-state index in [1.165, 1.54) is 11.0 Å². The van der Waals surface area contributed by atoms with Crippen LogP contribution >= 0.6 is 0 Å². The quantitative estimate of drug-likeness (QED) is 0.543. The predicted octanol–water partition coefficient (Wildman–Crippen LogP) is 0.875. The zero-order valence-corrected chi connectivity index (χ0v) is 15.9. The van der Waals surface area contributed by atoms with Crippen LogP contribution in [-0.4, -0.2) is 50.8 Å². The van der Waals surface area contributed by atoms with Crippen LogP contribution in [0, 0.1) is 13.8 Å². The lowest BCUT2D eigenvalue weighted by Gasteiger charge is -2.22. The van der Waals surface area contributed by atoms with Gasteiger partial charge in [0.1, 0.15) is 6.04 Å². The van der Waals surface area contributed by atoms with E-state index in [1.54, 1.807) is 19.1 Å². The average Bonchev–Trinajstić information content (AvgIpc) is 3.09. The summed E-state index contributed by atoms with van der Waals surface area (Å²) in [6.45, 7) is 7.76. The highest BCUT2D eigenvalue weighted by Gasteiger charge is 2.32. The van der Waals surface area contributed by atoms with Crippen molar-refractivity contribution in [1.29, 1.82) is 0 Å². The maximum Gasteiger partial charge on any atom is 0.246 e. The van der Waals surface area contributed by atoms with Crippen molar-refractivity contribution in [3.05, 3.63) is 42.0 Å². The molecule has 0 bridgehead atoms. The molecule has 0 aliphatic carbocycles. The van der Waals surface area contributed by atoms with Crippen LogP contribution in [0.3, 0.4) is 0 Å². The number of sulfonamides is 1. The van der Waals surface area contributed by atoms with Crippen LogP contribution in [0.25, 0.3) is 0 Å². The molecule has 2 rings (SSSR count). The lowest BCUT2D eigenvalue weighted by Crippen LogP contribution is -2.47. The molecule has 0 radical (unpaired) electrons. The molecule has 1 aliphatic rings. The fourth-order valence-corrected chi connectivity index (χ4v) is 4.34. The van der Waals surface area contributed by atoms with E-state index in [9.17, 15) is 18.0 Å². The van der Waals surface area contributed by atoms with Gasteiger partial charge in [0.15, 0.2) is 0 Å². The number of amides is 2. The molecule has 142 valence electrons. The molecule has 1 atom stereocenters. The Morgan fingerprint density at radius 3 is 2.73 bits per heavy atom. The first-order valence-corrected chi connectivity index (χ1v) is 10.0. The van der Waals surface area contributed by atoms with Crippen molar-refractivity contribution in [2.75, 3.05) is 19.6 Å². The summed E-state index contributed by atoms with van der Waals surface area (Å²) in [6.07, 6.45) is 2.56. The molecule has 8 heteroatoms. The summed E-state index contributed by atoms with van der Waals surface area (Å²) >= 11 is 0. The van der Waals surface area contributed by atoms with Gasteiger partial charge in [-0.15, -0.1) is 0 Å². The third-order valence-electron chi connectivity index (χ3n) is 4.36. The molecule has 0 spiro atoms. The first-order chi connectivity index (χ1) is 12.3. The van der Waals surface area contributed by atoms with Crippen LogP contribution in [-0.2, 0) is 19.6 Å². The summed E-state index contributed by atoms with van der Waals surface area (Å²) in [4.78, 5) is 25.7. The number of benzene rings is 1. The summed E-state index contributed by atoms with van der Waals surface area (Å²) in [5.74, 6) is -0.540. The zero-order valence-electron chi connectivity index (χ0n) is 15.1. The first kappa shape index (κ1) is 20.1. The number of aryl methyl sites for hydroxylation is 2. The number of nitrogens with one attached hydrogen (secondary N) is 2. The van der Waals surface area contributed by atoms with E-state index < -0.39 is 16.1 Å². The summed E-state index contributed by atoms with van der Waals surface area (Å²) in [6, 6.07) is 4.72. The summed E-state index contributed by atoms with van der Waals surface area (Å²) < 4.78 is 27.3. The molecule has 1 saturated heterocycles. The van der Waals surface area contributed by atoms with Gasteiger partial charge in [0, 0.05) is 19.6 Å². The predicted molar refractivity (Wildman–Crippen MR) is 99.0 cm³/mol. The molecule has 0 aromatic heterocycles. The van der Waals surface area contributed by atoms with Crippen molar-refractivity contribution in [3.63, 3.8) is 0 Å². The molecule has 0 saturated carbocycles. The van der Waals surface area contributed by atoms with Crippen molar-refractivity contribution in [2.45, 2.75) is 37.6 Å². The second-order valence-electron chi connectivity index (χ2n) is 6.35. The van der Waals surface area contributed by atoms with Gasteiger partial charge in [0.25, 0.3) is 0 Å². The number of hydrogen-bond acceptors (Lipinski definition) is 4. The Labute approximate surface area is 154 Å². The van der Waals surface area contributed by atoms with E-state index in [-0.39, 0.29) is 29.8 Å². The standard InChI is InChI=1S/C18H25N3O4S/c1-4-17(22)21-11-5-6-15(21)18(23)19-9-10-20-26(24,25)16-12-13(2)7-8-14(16)3/h4,7-8,12,15,20H,1,5-6,9-11H2,2-3H3,(H,19,23). The van der Waals surface area contributed by atoms with Gasteiger partial charge in [-0.2, -0.15) is 0 Å². The Morgan fingerprint density at radius 2 is 2.04 bits per heavy atom. The zero-order chi connectivity index (χ0) is 19.3. The van der Waals surface area contributed by atoms with Crippen LogP contribution in [0.15, 0.2) is 35.7 Å². The minimum atomic E-state index is -3.64. The molecule has 7 nitrogen and oxygen atoms in total. The van der Waals surface area contributed by atoms with Gasteiger partial charge in [-0.3, -0.25) is 9.59 Å². The molecule has 2 amide bonds. The smallest absolute Gasteiger partial charge is 0.246 e. The molecule has 2 N–H and O–H groups in total. The van der Waals surface area contributed by atoms with Crippen LogP contribution in [0.2, 0.25) is 0 Å². The number of carbonyl (C=O) groups is 2. The minimum Gasteiger partial charge on any atom is -0.353 e. The molecule has 1 aromatic carbocycles. The van der Waals surface area contributed by atoms with Gasteiger partial charge in [0.2, 0.25) is 21.8 Å². The Bertz CT molecular complexity index is 805. The number of hydrogen-bond donors (Lipinski definition) is 2. The molecular weight excluding hydrogens is 354 g/mol. The Balaban J connectivity index is 1.88. The van der Waals surface area contributed by atoms with E-state index in [0.717, 1.165) is 12.0 Å². The van der Waals surface area contributed by atoms with Gasteiger partial charge in [-0.1, -0.05) is 18.7 Å². The summed E-state index contributed by atoms with van der Waals surface area (Å²) in [5.41, 5.74) is 1.52. The van der Waals surface area contributed by atoms with Crippen LogP contribution in [0.1, 0.15) is 24.0 Å². The molecule has 1 unspecified atom stereocenters. The molecule has 1 heterocycles. The molecule has 1 fully saturated rings. The highest BCUT2D eigenvalue weighted by Crippen LogP contribution is 2.18. The fourth-order valence-electron chi connectivity index (χ4n) is 2.98. The lowest BCUT2D eigenvalue weighted by atomic mass is 10.2. The van der Waals surface area contributed by atoms with Gasteiger partial charge >= 0.3 is 0 Å². The Morgan fingerprint density at radius 1 is 1.31 bits per heavy atom. The van der Waals surface area contributed by atoms with Crippen molar-refractivity contribution in [3.8, 4) is 0 Å². The lowest BCUT2D eigenvalue weighted by molar-refractivity contribution is -0.135. The maximum atomic E-state index is 12.4. The van der Waals surface area contributed by atoms with Gasteiger partial charge in [-0.25, -0.2) is 13.1 Å². The second-order valence-corrected chi connectivity index (χ2v) is 8.09. The number of carbonyl (C=O) groups excluding carboxylic acids is 2. The van der Waals surface area contributed by atoms with E-state index in [2.05, 4.69) is 16.6 Å². The van der Waals surface area contributed by atoms with Crippen molar-refractivity contribution in [1.82, 2.24) is 14.9 Å². The van der Waals surface area contributed by atoms with Gasteiger partial charge in [-0.05, 0) is 50.0 Å². The SMILES string of the molecule is C=CC(=O)N1CCCC1C(=O)NCCNS(=O)(=O)c1cc(C)ccc1C. The van der Waals surface area contributed by atoms with Gasteiger partial charge < -0.3 is 10.2 Å². The third-order valence-corrected chi connectivity index (χ3v) is 5.97. The largest absolute Gasteiger partial charge is 0.353 e. The number of rotatable bonds is 7. The summed E-state index contributed by atoms with van der Waals surface area (Å²) in [5, 5.41) is 2.69. The van der Waals surface area contributed by atoms with Crippen molar-refractivity contribution in [2.24, 2.45) is 0 Å². The number of nitrogens with zero attached hydrogens (tertiary/aromatic N) is 1. The van der Waals surface area contributed by atoms with E-state index in [0.29, 0.717) is 18.5 Å². The molecular formula is C18H25N3O4S. The fraction of sp³-hybridized carbons (Fsp3) is 0.444. The topological polar surface area (TPSA) is 95.6 Å². The summed E-state index contributed by atoms with van der Waals surface area (Å²) in [7, 11) is -3.64. The minimum absolute atomic E-state index is 0.0730. The van der Waals surface area contributed by atoms with Crippen LogP contribution < -0.4 is 10.0 Å². The number of likely N-dealkylation sites (tertiary alicyclic amines) is 1. The normalized spacial score (nSPS) is 17.2. The van der Waals surface area contributed by atoms with E-state index in [1.807, 2.05) is 13.0 Å². The maximum absolute atomic E-state index is 12.4. The molecule has 26 heavy (non-hydrogen) atoms. The van der Waals surface area contributed by atoms with Gasteiger partial charge in [0.05, 0.1) is 4.90 Å². The van der Waals surface area contributed by atoms with Crippen molar-refractivity contribution >= 4 is 21.8 Å².